The highest BCUT2D eigenvalue weighted by Gasteiger charge is 2.33. The van der Waals surface area contributed by atoms with E-state index in [0.717, 1.165) is 17.3 Å². The van der Waals surface area contributed by atoms with Crippen molar-refractivity contribution in [2.45, 2.75) is 6.18 Å². The van der Waals surface area contributed by atoms with Gasteiger partial charge in [-0.15, -0.1) is 0 Å². The maximum atomic E-state index is 13.2. The van der Waals surface area contributed by atoms with Gasteiger partial charge in [0.2, 0.25) is 0 Å². The van der Waals surface area contributed by atoms with E-state index in [1.807, 2.05) is 66.9 Å². The van der Waals surface area contributed by atoms with Crippen LogP contribution in [0.2, 0.25) is 0 Å². The van der Waals surface area contributed by atoms with Crippen LogP contribution in [0, 0.1) is 0 Å². The fourth-order valence-corrected chi connectivity index (χ4v) is 3.33. The van der Waals surface area contributed by atoms with Crippen molar-refractivity contribution in [3.63, 3.8) is 0 Å². The molecule has 0 radical (unpaired) electrons. The van der Waals surface area contributed by atoms with Crippen molar-refractivity contribution in [1.82, 2.24) is 15.2 Å². The van der Waals surface area contributed by atoms with Gasteiger partial charge in [0.05, 0.1) is 23.2 Å². The lowest BCUT2D eigenvalue weighted by atomic mass is 10.1. The van der Waals surface area contributed by atoms with E-state index in [9.17, 15) is 13.2 Å². The number of hydrazone groups is 1. The van der Waals surface area contributed by atoms with Crippen molar-refractivity contribution >= 4 is 29.2 Å². The molecule has 0 saturated carbocycles. The third-order valence-corrected chi connectivity index (χ3v) is 4.85. The summed E-state index contributed by atoms with van der Waals surface area (Å²) < 4.78 is 41.3. The Kier molecular flexibility index (Phi) is 6.50. The van der Waals surface area contributed by atoms with Gasteiger partial charge in [-0.2, -0.15) is 23.4 Å². The molecule has 0 amide bonds. The molecule has 0 aliphatic carbocycles. The molecule has 166 valence electrons. The Bertz CT molecular complexity index is 1270. The molecule has 4 aromatic rings. The number of benzene rings is 3. The SMILES string of the molecule is FC(F)(F)c1ccccc1NC(=S)N/N=C/c1cn(-c2ccccc2)nc1-c1ccccc1. The van der Waals surface area contributed by atoms with Crippen LogP contribution < -0.4 is 10.7 Å². The van der Waals surface area contributed by atoms with Crippen LogP contribution in [0.25, 0.3) is 16.9 Å². The summed E-state index contributed by atoms with van der Waals surface area (Å²) in [6.45, 7) is 0. The van der Waals surface area contributed by atoms with Crippen LogP contribution in [0.15, 0.2) is 96.2 Å². The van der Waals surface area contributed by atoms with Gasteiger partial charge < -0.3 is 5.32 Å². The Morgan fingerprint density at radius 1 is 0.909 bits per heavy atom. The summed E-state index contributed by atoms with van der Waals surface area (Å²) in [7, 11) is 0. The van der Waals surface area contributed by atoms with Crippen molar-refractivity contribution in [2.75, 3.05) is 5.32 Å². The van der Waals surface area contributed by atoms with E-state index in [2.05, 4.69) is 20.9 Å². The van der Waals surface area contributed by atoms with Crippen LogP contribution in [-0.2, 0) is 6.18 Å². The summed E-state index contributed by atoms with van der Waals surface area (Å²) in [6.07, 6.45) is -1.16. The van der Waals surface area contributed by atoms with Crippen molar-refractivity contribution in [2.24, 2.45) is 5.10 Å². The summed E-state index contributed by atoms with van der Waals surface area (Å²) in [5.41, 5.74) is 4.79. The molecule has 0 fully saturated rings. The Hall–Kier alpha value is -3.98. The maximum absolute atomic E-state index is 13.2. The first kappa shape index (κ1) is 22.2. The second-order valence-electron chi connectivity index (χ2n) is 6.95. The van der Waals surface area contributed by atoms with Gasteiger partial charge >= 0.3 is 6.18 Å². The largest absolute Gasteiger partial charge is 0.418 e. The molecular weight excluding hydrogens is 447 g/mol. The van der Waals surface area contributed by atoms with Gasteiger partial charge in [-0.3, -0.25) is 5.43 Å². The van der Waals surface area contributed by atoms with Gasteiger partial charge in [0, 0.05) is 17.3 Å². The van der Waals surface area contributed by atoms with Gasteiger partial charge in [0.25, 0.3) is 0 Å². The summed E-state index contributed by atoms with van der Waals surface area (Å²) in [6, 6.07) is 24.3. The molecule has 3 aromatic carbocycles. The minimum atomic E-state index is -4.50. The molecule has 33 heavy (non-hydrogen) atoms. The smallest absolute Gasteiger partial charge is 0.331 e. The van der Waals surface area contributed by atoms with Crippen LogP contribution in [-0.4, -0.2) is 21.1 Å². The molecule has 0 aliphatic heterocycles. The topological polar surface area (TPSA) is 54.2 Å². The first-order chi connectivity index (χ1) is 15.9. The fraction of sp³-hybridized carbons (Fsp3) is 0.0417. The van der Waals surface area contributed by atoms with Crippen LogP contribution in [0.5, 0.6) is 0 Å². The van der Waals surface area contributed by atoms with E-state index in [1.165, 1.54) is 24.4 Å². The minimum absolute atomic E-state index is 0.0698. The summed E-state index contributed by atoms with van der Waals surface area (Å²) >= 11 is 5.12. The zero-order valence-electron chi connectivity index (χ0n) is 17.1. The molecule has 5 nitrogen and oxygen atoms in total. The second kappa shape index (κ2) is 9.66. The van der Waals surface area contributed by atoms with Gasteiger partial charge in [-0.1, -0.05) is 60.7 Å². The van der Waals surface area contributed by atoms with Gasteiger partial charge in [0.1, 0.15) is 5.69 Å². The number of nitrogens with zero attached hydrogens (tertiary/aromatic N) is 3. The molecule has 4 rings (SSSR count). The average Bonchev–Trinajstić information content (AvgIpc) is 3.24. The Balaban J connectivity index is 1.55. The van der Waals surface area contributed by atoms with Gasteiger partial charge in [-0.25, -0.2) is 4.68 Å². The highest BCUT2D eigenvalue weighted by atomic mass is 32.1. The molecular formula is C24H18F3N5S. The molecule has 2 N–H and O–H groups in total. The number of anilines is 1. The Labute approximate surface area is 193 Å². The molecule has 0 saturated heterocycles. The van der Waals surface area contributed by atoms with E-state index in [4.69, 9.17) is 12.2 Å². The van der Waals surface area contributed by atoms with E-state index < -0.39 is 11.7 Å². The maximum Gasteiger partial charge on any atom is 0.418 e. The number of hydrogen-bond acceptors (Lipinski definition) is 3. The zero-order valence-corrected chi connectivity index (χ0v) is 17.9. The van der Waals surface area contributed by atoms with Crippen LogP contribution >= 0.6 is 12.2 Å². The monoisotopic (exact) mass is 465 g/mol. The van der Waals surface area contributed by atoms with E-state index >= 15 is 0 Å². The third kappa shape index (κ3) is 5.45. The lowest BCUT2D eigenvalue weighted by Gasteiger charge is -2.14. The standard InChI is InChI=1S/C24H18F3N5S/c25-24(26,27)20-13-7-8-14-21(20)29-23(33)30-28-15-18-16-32(19-11-5-2-6-12-19)31-22(18)17-9-3-1-4-10-17/h1-16H,(H2,29,30,33)/b28-15+. The molecule has 0 bridgehead atoms. The molecule has 9 heteroatoms. The molecule has 0 atom stereocenters. The molecule has 0 unspecified atom stereocenters. The van der Waals surface area contributed by atoms with Gasteiger partial charge in [0.15, 0.2) is 5.11 Å². The molecule has 0 aliphatic rings. The molecule has 1 aromatic heterocycles. The first-order valence-electron chi connectivity index (χ1n) is 9.88. The summed E-state index contributed by atoms with van der Waals surface area (Å²) in [5.74, 6) is 0. The first-order valence-corrected chi connectivity index (χ1v) is 10.3. The normalized spacial score (nSPS) is 11.5. The highest BCUT2D eigenvalue weighted by molar-refractivity contribution is 7.80. The average molecular weight is 466 g/mol. The van der Waals surface area contributed by atoms with Crippen molar-refractivity contribution in [1.29, 1.82) is 0 Å². The molecule has 1 heterocycles. The number of rotatable bonds is 5. The minimum Gasteiger partial charge on any atom is -0.331 e. The Morgan fingerprint density at radius 2 is 1.55 bits per heavy atom. The number of nitrogens with one attached hydrogen (secondary N) is 2. The van der Waals surface area contributed by atoms with Crippen LogP contribution in [0.4, 0.5) is 18.9 Å². The number of halogens is 3. The van der Waals surface area contributed by atoms with Crippen molar-refractivity contribution < 1.29 is 13.2 Å². The Morgan fingerprint density at radius 3 is 2.24 bits per heavy atom. The lowest BCUT2D eigenvalue weighted by Crippen LogP contribution is -2.25. The summed E-state index contributed by atoms with van der Waals surface area (Å²) in [5, 5.41) is 11.3. The van der Waals surface area contributed by atoms with Crippen molar-refractivity contribution in [3.8, 4) is 16.9 Å². The fourth-order valence-electron chi connectivity index (χ4n) is 3.17. The van der Waals surface area contributed by atoms with Crippen molar-refractivity contribution in [3.05, 3.63) is 102 Å². The van der Waals surface area contributed by atoms with E-state index in [-0.39, 0.29) is 10.8 Å². The van der Waals surface area contributed by atoms with Gasteiger partial charge in [-0.05, 0) is 36.5 Å². The van der Waals surface area contributed by atoms with E-state index in [1.54, 1.807) is 4.68 Å². The van der Waals surface area contributed by atoms with E-state index in [0.29, 0.717) is 11.3 Å². The lowest BCUT2D eigenvalue weighted by molar-refractivity contribution is -0.136. The second-order valence-corrected chi connectivity index (χ2v) is 7.35. The number of alkyl halides is 3. The predicted molar refractivity (Wildman–Crippen MR) is 127 cm³/mol. The number of aromatic nitrogens is 2. The number of hydrogen-bond donors (Lipinski definition) is 2. The summed E-state index contributed by atoms with van der Waals surface area (Å²) in [4.78, 5) is 0. The quantitative estimate of drug-likeness (QED) is 0.220. The number of para-hydroxylation sites is 2. The van der Waals surface area contributed by atoms with Crippen LogP contribution in [0.1, 0.15) is 11.1 Å². The zero-order chi connectivity index (χ0) is 23.3. The predicted octanol–water partition coefficient (Wildman–Crippen LogP) is 5.88. The third-order valence-electron chi connectivity index (χ3n) is 4.66. The number of thiocarbonyl (C=S) groups is 1. The van der Waals surface area contributed by atoms with Crippen LogP contribution in [0.3, 0.4) is 0 Å². The molecule has 0 spiro atoms. The highest BCUT2D eigenvalue weighted by Crippen LogP contribution is 2.34.